The summed E-state index contributed by atoms with van der Waals surface area (Å²) in [4.78, 5) is 0.333. The van der Waals surface area contributed by atoms with E-state index in [0.717, 1.165) is 11.1 Å². The van der Waals surface area contributed by atoms with E-state index < -0.39 is 0 Å². The average Bonchev–Trinajstić information content (AvgIpc) is 2.64. The van der Waals surface area contributed by atoms with Crippen LogP contribution in [0.2, 0.25) is 0 Å². The lowest BCUT2D eigenvalue weighted by atomic mass is 10.0. The fourth-order valence-corrected chi connectivity index (χ4v) is 2.93. The third kappa shape index (κ3) is 4.13. The molecule has 3 rings (SSSR count). The van der Waals surface area contributed by atoms with Gasteiger partial charge in [0.25, 0.3) is 0 Å². The molecular formula is C20H17NO2S2. The van der Waals surface area contributed by atoms with Crippen molar-refractivity contribution in [3.8, 4) is 16.9 Å². The largest absolute Gasteiger partial charge is 0.503 e. The quantitative estimate of drug-likeness (QED) is 0.624. The molecule has 1 heterocycles. The first-order chi connectivity index (χ1) is 12.0. The predicted molar refractivity (Wildman–Crippen MR) is 106 cm³/mol. The first kappa shape index (κ1) is 17.3. The molecule has 3 aromatic rings. The number of hydrogen-bond donors (Lipinski definition) is 2. The van der Waals surface area contributed by atoms with Gasteiger partial charge in [-0.2, -0.15) is 0 Å². The summed E-state index contributed by atoms with van der Waals surface area (Å²) in [7, 11) is 0. The minimum absolute atomic E-state index is 0.0995. The second kappa shape index (κ2) is 7.59. The van der Waals surface area contributed by atoms with E-state index in [1.54, 1.807) is 13.0 Å². The van der Waals surface area contributed by atoms with E-state index in [1.807, 2.05) is 30.3 Å². The van der Waals surface area contributed by atoms with Crippen LogP contribution in [-0.4, -0.2) is 10.1 Å². The van der Waals surface area contributed by atoms with Crippen molar-refractivity contribution < 1.29 is 9.52 Å². The van der Waals surface area contributed by atoms with Crippen LogP contribution in [0.15, 0.2) is 65.1 Å². The summed E-state index contributed by atoms with van der Waals surface area (Å²) in [5.74, 6) is 0.715. The van der Waals surface area contributed by atoms with E-state index in [-0.39, 0.29) is 11.5 Å². The molecule has 5 heteroatoms. The van der Waals surface area contributed by atoms with Gasteiger partial charge in [-0.25, -0.2) is 0 Å². The Morgan fingerprint density at radius 2 is 1.68 bits per heavy atom. The maximum absolute atomic E-state index is 10.0. The van der Waals surface area contributed by atoms with Gasteiger partial charge in [-0.1, -0.05) is 79.0 Å². The number of benzene rings is 2. The second-order valence-corrected chi connectivity index (χ2v) is 6.49. The molecule has 1 aromatic heterocycles. The summed E-state index contributed by atoms with van der Waals surface area (Å²) in [6.07, 6.45) is 0. The molecule has 0 unspecified atom stereocenters. The molecule has 3 nitrogen and oxygen atoms in total. The molecule has 2 N–H and O–H groups in total. The summed E-state index contributed by atoms with van der Waals surface area (Å²) in [6, 6.07) is 20.0. The molecule has 0 saturated carbocycles. The van der Waals surface area contributed by atoms with Crippen molar-refractivity contribution in [2.45, 2.75) is 13.5 Å². The van der Waals surface area contributed by atoms with Gasteiger partial charge in [0.15, 0.2) is 5.75 Å². The van der Waals surface area contributed by atoms with Crippen molar-refractivity contribution in [1.29, 1.82) is 0 Å². The Bertz CT molecular complexity index is 948. The van der Waals surface area contributed by atoms with Crippen LogP contribution in [-0.2, 0) is 6.54 Å². The molecule has 0 fully saturated rings. The molecular weight excluding hydrogens is 350 g/mol. The van der Waals surface area contributed by atoms with Gasteiger partial charge < -0.3 is 14.8 Å². The van der Waals surface area contributed by atoms with Crippen LogP contribution in [0.25, 0.3) is 11.1 Å². The number of hydrogen-bond acceptors (Lipinski definition) is 4. The lowest BCUT2D eigenvalue weighted by Gasteiger charge is -2.10. The van der Waals surface area contributed by atoms with Crippen LogP contribution in [0.1, 0.15) is 17.1 Å². The van der Waals surface area contributed by atoms with Crippen LogP contribution in [0.5, 0.6) is 5.75 Å². The third-order valence-electron chi connectivity index (χ3n) is 3.77. The van der Waals surface area contributed by atoms with Crippen LogP contribution < -0.4 is 5.32 Å². The summed E-state index contributed by atoms with van der Waals surface area (Å²) in [6.45, 7) is 2.30. The van der Waals surface area contributed by atoms with Crippen molar-refractivity contribution in [2.24, 2.45) is 0 Å². The van der Waals surface area contributed by atoms with Gasteiger partial charge in [0.2, 0.25) is 5.76 Å². The highest BCUT2D eigenvalue weighted by atomic mass is 32.1. The highest BCUT2D eigenvalue weighted by Crippen LogP contribution is 2.22. The van der Waals surface area contributed by atoms with Gasteiger partial charge in [-0.15, -0.1) is 0 Å². The smallest absolute Gasteiger partial charge is 0.204 e. The Balaban J connectivity index is 1.70. The number of nitrogens with one attached hydrogen (secondary N) is 1. The minimum atomic E-state index is -0.0995. The average molecular weight is 367 g/mol. The molecule has 0 amide bonds. The highest BCUT2D eigenvalue weighted by Gasteiger charge is 2.12. The maximum atomic E-state index is 10.0. The van der Waals surface area contributed by atoms with Crippen LogP contribution in [0, 0.1) is 11.4 Å². The maximum Gasteiger partial charge on any atom is 0.204 e. The zero-order valence-corrected chi connectivity index (χ0v) is 15.3. The lowest BCUT2D eigenvalue weighted by Crippen LogP contribution is -2.22. The Hall–Kier alpha value is -2.50. The number of rotatable bonds is 4. The SMILES string of the molecule is Cc1cc(=S)c(O)c(C(=S)NCc2ccc(-c3ccccc3)cc2)o1. The van der Waals surface area contributed by atoms with E-state index >= 15 is 0 Å². The highest BCUT2D eigenvalue weighted by molar-refractivity contribution is 7.80. The summed E-state index contributed by atoms with van der Waals surface area (Å²) in [5, 5.41) is 13.1. The van der Waals surface area contributed by atoms with Crippen molar-refractivity contribution in [3.05, 3.63) is 82.3 Å². The van der Waals surface area contributed by atoms with E-state index in [2.05, 4.69) is 29.6 Å². The Kier molecular flexibility index (Phi) is 5.26. The summed E-state index contributed by atoms with van der Waals surface area (Å²) in [5.41, 5.74) is 3.42. The molecule has 126 valence electrons. The first-order valence-electron chi connectivity index (χ1n) is 7.81. The first-order valence-corrected chi connectivity index (χ1v) is 8.62. The van der Waals surface area contributed by atoms with Crippen LogP contribution >= 0.6 is 24.4 Å². The monoisotopic (exact) mass is 367 g/mol. The predicted octanol–water partition coefficient (Wildman–Crippen LogP) is 5.16. The van der Waals surface area contributed by atoms with Crippen LogP contribution in [0.3, 0.4) is 0 Å². The molecule has 0 atom stereocenters. The number of aromatic hydroxyl groups is 1. The van der Waals surface area contributed by atoms with Crippen LogP contribution in [0.4, 0.5) is 0 Å². The van der Waals surface area contributed by atoms with Gasteiger partial charge >= 0.3 is 0 Å². The van der Waals surface area contributed by atoms with Crippen molar-refractivity contribution in [1.82, 2.24) is 5.32 Å². The second-order valence-electron chi connectivity index (χ2n) is 5.64. The third-order valence-corrected chi connectivity index (χ3v) is 4.41. The molecule has 0 aliphatic carbocycles. The zero-order chi connectivity index (χ0) is 17.8. The van der Waals surface area contributed by atoms with Gasteiger partial charge in [0.1, 0.15) is 10.7 Å². The van der Waals surface area contributed by atoms with E-state index in [9.17, 15) is 5.11 Å². The fourth-order valence-electron chi connectivity index (χ4n) is 2.47. The summed E-state index contributed by atoms with van der Waals surface area (Å²) >= 11 is 10.4. The molecule has 0 saturated heterocycles. The Labute approximate surface area is 157 Å². The standard InChI is InChI=1S/C20H17NO2S2/c1-13-11-17(24)18(22)19(23-13)20(25)21-12-14-7-9-16(10-8-14)15-5-3-2-4-6-15/h2-11,22H,12H2,1H3,(H,21,25). The topological polar surface area (TPSA) is 45.4 Å². The number of thiocarbonyl (C=S) groups is 1. The van der Waals surface area contributed by atoms with Crippen molar-refractivity contribution in [3.63, 3.8) is 0 Å². The molecule has 0 radical (unpaired) electrons. The molecule has 2 aromatic carbocycles. The molecule has 25 heavy (non-hydrogen) atoms. The van der Waals surface area contributed by atoms with Gasteiger partial charge in [0, 0.05) is 6.54 Å². The van der Waals surface area contributed by atoms with E-state index in [1.165, 1.54) is 5.56 Å². The zero-order valence-electron chi connectivity index (χ0n) is 13.7. The molecule has 0 aliphatic heterocycles. The Morgan fingerprint density at radius 3 is 2.36 bits per heavy atom. The molecule has 0 bridgehead atoms. The van der Waals surface area contributed by atoms with Crippen molar-refractivity contribution in [2.75, 3.05) is 0 Å². The minimum Gasteiger partial charge on any atom is -0.503 e. The van der Waals surface area contributed by atoms with E-state index in [4.69, 9.17) is 28.9 Å². The lowest BCUT2D eigenvalue weighted by molar-refractivity contribution is 0.417. The number of aryl methyl sites for hydroxylation is 1. The molecule has 0 aliphatic rings. The normalized spacial score (nSPS) is 10.4. The summed E-state index contributed by atoms with van der Waals surface area (Å²) < 4.78 is 5.82. The van der Waals surface area contributed by atoms with Crippen molar-refractivity contribution >= 4 is 29.4 Å². The fraction of sp³-hybridized carbons (Fsp3) is 0.100. The van der Waals surface area contributed by atoms with Gasteiger partial charge in [-0.05, 0) is 29.7 Å². The van der Waals surface area contributed by atoms with Gasteiger partial charge in [0.05, 0.1) is 4.51 Å². The Morgan fingerprint density at radius 1 is 1.04 bits per heavy atom. The van der Waals surface area contributed by atoms with Gasteiger partial charge in [-0.3, -0.25) is 0 Å². The van der Waals surface area contributed by atoms with E-state index in [0.29, 0.717) is 21.8 Å². The molecule has 0 spiro atoms.